The molecule has 4 rings (SSSR count). The number of anilines is 1. The van der Waals surface area contributed by atoms with E-state index in [2.05, 4.69) is 53.7 Å². The first-order valence-corrected chi connectivity index (χ1v) is 9.69. The van der Waals surface area contributed by atoms with E-state index < -0.39 is 0 Å². The molecule has 3 heterocycles. The molecule has 3 aromatic heterocycles. The number of pyridine rings is 1. The number of hydrogen-bond acceptors (Lipinski definition) is 7. The van der Waals surface area contributed by atoms with Crippen molar-refractivity contribution in [2.24, 2.45) is 7.05 Å². The quantitative estimate of drug-likeness (QED) is 0.469. The fourth-order valence-electron chi connectivity index (χ4n) is 2.80. The summed E-state index contributed by atoms with van der Waals surface area (Å²) in [5.74, 6) is 1.35. The van der Waals surface area contributed by atoms with Gasteiger partial charge in [0.25, 0.3) is 5.95 Å². The molecule has 0 aliphatic carbocycles. The van der Waals surface area contributed by atoms with Gasteiger partial charge in [-0.3, -0.25) is 0 Å². The first-order chi connectivity index (χ1) is 13.7. The molecule has 10 heteroatoms. The van der Waals surface area contributed by atoms with Gasteiger partial charge in [-0.15, -0.1) is 0 Å². The predicted octanol–water partition coefficient (Wildman–Crippen LogP) is 3.11. The summed E-state index contributed by atoms with van der Waals surface area (Å²) in [5.41, 5.74) is 2.41. The Morgan fingerprint density at radius 3 is 2.79 bits per heavy atom. The molecular weight excluding hydrogens is 424 g/mol. The van der Waals surface area contributed by atoms with Gasteiger partial charge in [-0.1, -0.05) is 24.2 Å². The Morgan fingerprint density at radius 1 is 1.14 bits per heavy atom. The molecule has 0 aliphatic heterocycles. The fraction of sp³-hybridized carbons (Fsp3) is 0.278. The highest BCUT2D eigenvalue weighted by atomic mass is 79.9. The summed E-state index contributed by atoms with van der Waals surface area (Å²) in [4.78, 5) is 9.22. The van der Waals surface area contributed by atoms with Crippen LogP contribution in [0.15, 0.2) is 40.9 Å². The van der Waals surface area contributed by atoms with Gasteiger partial charge in [-0.05, 0) is 57.0 Å². The lowest BCUT2D eigenvalue weighted by atomic mass is 10.3. The molecule has 0 saturated carbocycles. The Kier molecular flexibility index (Phi) is 5.20. The minimum absolute atomic E-state index is 0.272. The van der Waals surface area contributed by atoms with Crippen LogP contribution in [0.2, 0.25) is 0 Å². The maximum atomic E-state index is 6.03. The zero-order valence-electron chi connectivity index (χ0n) is 15.5. The van der Waals surface area contributed by atoms with Crippen molar-refractivity contribution in [2.45, 2.75) is 20.0 Å². The summed E-state index contributed by atoms with van der Waals surface area (Å²) in [6.07, 6.45) is 1.03. The lowest BCUT2D eigenvalue weighted by Gasteiger charge is -2.09. The molecule has 144 valence electrons. The van der Waals surface area contributed by atoms with Gasteiger partial charge >= 0.3 is 6.01 Å². The molecule has 9 nitrogen and oxygen atoms in total. The number of tetrazole rings is 1. The molecule has 28 heavy (non-hydrogen) atoms. The maximum Gasteiger partial charge on any atom is 0.305 e. The zero-order valence-corrected chi connectivity index (χ0v) is 17.1. The number of para-hydroxylation sites is 1. The van der Waals surface area contributed by atoms with Gasteiger partial charge in [0.15, 0.2) is 0 Å². The van der Waals surface area contributed by atoms with Crippen molar-refractivity contribution in [3.63, 3.8) is 0 Å². The van der Waals surface area contributed by atoms with E-state index >= 15 is 0 Å². The number of halogens is 1. The molecule has 0 spiro atoms. The molecule has 0 unspecified atom stereocenters. The average Bonchev–Trinajstić information content (AvgIpc) is 3.28. The number of nitrogens with one attached hydrogen (secondary N) is 1. The highest BCUT2D eigenvalue weighted by Gasteiger charge is 2.19. The van der Waals surface area contributed by atoms with Gasteiger partial charge < -0.3 is 10.1 Å². The van der Waals surface area contributed by atoms with E-state index in [9.17, 15) is 0 Å². The van der Waals surface area contributed by atoms with Crippen LogP contribution < -0.4 is 10.1 Å². The van der Waals surface area contributed by atoms with Crippen LogP contribution in [0, 0.1) is 0 Å². The predicted molar refractivity (Wildman–Crippen MR) is 108 cm³/mol. The topological polar surface area (TPSA) is 95.6 Å². The number of imidazole rings is 1. The van der Waals surface area contributed by atoms with Gasteiger partial charge in [0.2, 0.25) is 0 Å². The number of aromatic nitrogens is 7. The minimum Gasteiger partial charge on any atom is -0.458 e. The third-order valence-electron chi connectivity index (χ3n) is 4.11. The monoisotopic (exact) mass is 442 g/mol. The van der Waals surface area contributed by atoms with Crippen molar-refractivity contribution in [2.75, 3.05) is 11.9 Å². The van der Waals surface area contributed by atoms with Crippen molar-refractivity contribution < 1.29 is 4.74 Å². The highest BCUT2D eigenvalue weighted by molar-refractivity contribution is 9.10. The molecule has 4 aromatic rings. The minimum atomic E-state index is 0.272. The number of rotatable bonds is 7. The molecule has 1 aromatic carbocycles. The Hall–Kier alpha value is -3.01. The Labute approximate surface area is 169 Å². The summed E-state index contributed by atoms with van der Waals surface area (Å²) in [7, 11) is 1.77. The molecule has 0 amide bonds. The lowest BCUT2D eigenvalue weighted by Crippen LogP contribution is -2.09. The van der Waals surface area contributed by atoms with Crippen LogP contribution in [0.4, 0.5) is 5.82 Å². The zero-order chi connectivity index (χ0) is 19.5. The second-order valence-electron chi connectivity index (χ2n) is 6.17. The van der Waals surface area contributed by atoms with Gasteiger partial charge in [0.05, 0.1) is 11.2 Å². The average molecular weight is 443 g/mol. The van der Waals surface area contributed by atoms with Crippen LogP contribution in [0.1, 0.15) is 19.0 Å². The van der Waals surface area contributed by atoms with Crippen molar-refractivity contribution in [1.29, 1.82) is 0 Å². The van der Waals surface area contributed by atoms with E-state index in [0.29, 0.717) is 12.0 Å². The number of aryl methyl sites for hydroxylation is 1. The van der Waals surface area contributed by atoms with Crippen molar-refractivity contribution >= 4 is 32.8 Å². The fourth-order valence-corrected chi connectivity index (χ4v) is 3.24. The normalized spacial score (nSPS) is 11.1. The first-order valence-electron chi connectivity index (χ1n) is 8.89. The van der Waals surface area contributed by atoms with Crippen LogP contribution in [0.3, 0.4) is 0 Å². The Bertz CT molecular complexity index is 1110. The van der Waals surface area contributed by atoms with Gasteiger partial charge in [0, 0.05) is 18.1 Å². The Morgan fingerprint density at radius 2 is 2.00 bits per heavy atom. The van der Waals surface area contributed by atoms with Crippen LogP contribution in [-0.2, 0) is 13.7 Å². The first kappa shape index (κ1) is 18.4. The summed E-state index contributed by atoms with van der Waals surface area (Å²) in [5, 5.41) is 15.0. The summed E-state index contributed by atoms with van der Waals surface area (Å²) in [6.45, 7) is 3.26. The largest absolute Gasteiger partial charge is 0.458 e. The second-order valence-corrected chi connectivity index (χ2v) is 7.02. The van der Waals surface area contributed by atoms with Crippen LogP contribution in [-0.4, -0.2) is 41.3 Å². The maximum absolute atomic E-state index is 6.03. The molecule has 0 fully saturated rings. The van der Waals surface area contributed by atoms with E-state index in [-0.39, 0.29) is 6.61 Å². The van der Waals surface area contributed by atoms with E-state index in [0.717, 1.165) is 40.0 Å². The molecule has 0 atom stereocenters. The molecule has 0 radical (unpaired) electrons. The van der Waals surface area contributed by atoms with Crippen molar-refractivity contribution in [3.05, 3.63) is 46.6 Å². The smallest absolute Gasteiger partial charge is 0.305 e. The third-order valence-corrected chi connectivity index (χ3v) is 4.75. The molecule has 1 N–H and O–H groups in total. The van der Waals surface area contributed by atoms with Crippen LogP contribution in [0.5, 0.6) is 6.01 Å². The second kappa shape index (κ2) is 7.93. The summed E-state index contributed by atoms with van der Waals surface area (Å²) >= 11 is 3.55. The number of fused-ring (bicyclic) bond motifs is 1. The summed E-state index contributed by atoms with van der Waals surface area (Å²) in [6, 6.07) is 12.0. The highest BCUT2D eigenvalue weighted by Crippen LogP contribution is 2.30. The number of ether oxygens (including phenoxy) is 1. The molecule has 0 bridgehead atoms. The standard InChI is InChI=1S/C18H19BrN8O/c1-3-10-20-15-9-4-6-12(21-15)11-28-18-22-16-13(19)7-5-8-14(16)27(18)17-23-24-25-26(17)2/h4-9H,3,10-11H2,1-2H3,(H,20,21). The third kappa shape index (κ3) is 3.55. The van der Waals surface area contributed by atoms with Crippen molar-refractivity contribution in [3.8, 4) is 12.0 Å². The molecule has 0 saturated heterocycles. The van der Waals surface area contributed by atoms with E-state index in [4.69, 9.17) is 4.74 Å². The van der Waals surface area contributed by atoms with E-state index in [1.807, 2.05) is 36.4 Å². The SMILES string of the molecule is CCCNc1cccc(COc2nc3c(Br)cccc3n2-c2nnnn2C)n1. The van der Waals surface area contributed by atoms with Gasteiger partial charge in [0.1, 0.15) is 17.9 Å². The van der Waals surface area contributed by atoms with Crippen LogP contribution >= 0.6 is 15.9 Å². The van der Waals surface area contributed by atoms with E-state index in [1.165, 1.54) is 0 Å². The number of benzene rings is 1. The number of nitrogens with zero attached hydrogens (tertiary/aromatic N) is 7. The molecular formula is C18H19BrN8O. The number of hydrogen-bond donors (Lipinski definition) is 1. The van der Waals surface area contributed by atoms with Gasteiger partial charge in [-0.25, -0.2) is 14.2 Å². The molecule has 0 aliphatic rings. The van der Waals surface area contributed by atoms with Crippen molar-refractivity contribution in [1.82, 2.24) is 34.7 Å². The summed E-state index contributed by atoms with van der Waals surface area (Å²) < 4.78 is 10.3. The lowest BCUT2D eigenvalue weighted by molar-refractivity contribution is 0.272. The van der Waals surface area contributed by atoms with Gasteiger partial charge in [-0.2, -0.15) is 4.98 Å². The van der Waals surface area contributed by atoms with E-state index in [1.54, 1.807) is 16.3 Å². The van der Waals surface area contributed by atoms with Crippen LogP contribution in [0.25, 0.3) is 17.0 Å². The Balaban J connectivity index is 1.67.